The standard InChI is InChI=1S/C20H27N5O3/c1-14(2)13-24-11-12-25(15(3)20(24)27)18(26)6-4-5-17-22-19(23-28-17)16-7-9-21-10-8-16/h7-10,14-15H,4-6,11-13H2,1-3H3/t15-/m1/s1. The summed E-state index contributed by atoms with van der Waals surface area (Å²) in [6.07, 6.45) is 4.83. The molecule has 150 valence electrons. The van der Waals surface area contributed by atoms with Gasteiger partial charge in [-0.2, -0.15) is 4.98 Å². The van der Waals surface area contributed by atoms with Crippen molar-refractivity contribution in [3.8, 4) is 11.4 Å². The van der Waals surface area contributed by atoms with Crippen LogP contribution in [0.15, 0.2) is 29.0 Å². The zero-order valence-corrected chi connectivity index (χ0v) is 16.7. The second-order valence-electron chi connectivity index (χ2n) is 7.54. The van der Waals surface area contributed by atoms with Gasteiger partial charge in [-0.15, -0.1) is 0 Å². The van der Waals surface area contributed by atoms with Crippen LogP contribution in [-0.2, 0) is 16.0 Å². The highest BCUT2D eigenvalue weighted by atomic mass is 16.5. The van der Waals surface area contributed by atoms with Crippen LogP contribution in [0.25, 0.3) is 11.4 Å². The minimum Gasteiger partial charge on any atom is -0.339 e. The van der Waals surface area contributed by atoms with Gasteiger partial charge in [0.2, 0.25) is 23.5 Å². The van der Waals surface area contributed by atoms with Gasteiger partial charge < -0.3 is 14.3 Å². The fourth-order valence-corrected chi connectivity index (χ4v) is 3.40. The van der Waals surface area contributed by atoms with Crippen LogP contribution in [-0.4, -0.2) is 62.4 Å². The molecule has 0 bridgehead atoms. The van der Waals surface area contributed by atoms with E-state index in [2.05, 4.69) is 29.0 Å². The summed E-state index contributed by atoms with van der Waals surface area (Å²) in [5, 5.41) is 3.97. The highest BCUT2D eigenvalue weighted by Gasteiger charge is 2.33. The Morgan fingerprint density at radius 3 is 2.75 bits per heavy atom. The first-order chi connectivity index (χ1) is 13.5. The lowest BCUT2D eigenvalue weighted by Gasteiger charge is -2.39. The minimum absolute atomic E-state index is 0.00100. The number of hydrogen-bond acceptors (Lipinski definition) is 6. The second-order valence-corrected chi connectivity index (χ2v) is 7.54. The molecule has 0 spiro atoms. The highest BCUT2D eigenvalue weighted by Crippen LogP contribution is 2.17. The van der Waals surface area contributed by atoms with E-state index in [0.29, 0.717) is 50.0 Å². The molecule has 1 atom stereocenters. The van der Waals surface area contributed by atoms with Gasteiger partial charge in [0.05, 0.1) is 0 Å². The molecule has 3 heterocycles. The number of rotatable bonds is 7. The smallest absolute Gasteiger partial charge is 0.245 e. The van der Waals surface area contributed by atoms with Crippen molar-refractivity contribution < 1.29 is 14.1 Å². The van der Waals surface area contributed by atoms with Gasteiger partial charge in [-0.3, -0.25) is 14.6 Å². The third-order valence-electron chi connectivity index (χ3n) is 4.84. The van der Waals surface area contributed by atoms with Crippen molar-refractivity contribution in [3.05, 3.63) is 30.4 Å². The van der Waals surface area contributed by atoms with Crippen LogP contribution in [0.1, 0.15) is 39.5 Å². The molecule has 0 aromatic carbocycles. The van der Waals surface area contributed by atoms with Crippen LogP contribution in [0, 0.1) is 5.92 Å². The Morgan fingerprint density at radius 1 is 1.29 bits per heavy atom. The Balaban J connectivity index is 1.48. The number of carbonyl (C=O) groups excluding carboxylic acids is 2. The van der Waals surface area contributed by atoms with Gasteiger partial charge in [0, 0.05) is 50.4 Å². The van der Waals surface area contributed by atoms with Crippen molar-refractivity contribution in [1.29, 1.82) is 0 Å². The summed E-state index contributed by atoms with van der Waals surface area (Å²) in [7, 11) is 0. The summed E-state index contributed by atoms with van der Waals surface area (Å²) < 4.78 is 5.27. The van der Waals surface area contributed by atoms with E-state index >= 15 is 0 Å². The average Bonchev–Trinajstić information content (AvgIpc) is 3.15. The summed E-state index contributed by atoms with van der Waals surface area (Å²) in [5.74, 6) is 1.48. The quantitative estimate of drug-likeness (QED) is 0.725. The van der Waals surface area contributed by atoms with Crippen LogP contribution in [0.2, 0.25) is 0 Å². The Labute approximate surface area is 164 Å². The Kier molecular flexibility index (Phi) is 6.38. The fraction of sp³-hybridized carbons (Fsp3) is 0.550. The molecule has 0 unspecified atom stereocenters. The highest BCUT2D eigenvalue weighted by molar-refractivity contribution is 5.88. The molecule has 0 aliphatic carbocycles. The summed E-state index contributed by atoms with van der Waals surface area (Å²) in [4.78, 5) is 37.0. The van der Waals surface area contributed by atoms with Gasteiger partial charge in [-0.1, -0.05) is 19.0 Å². The average molecular weight is 385 g/mol. The molecular formula is C20H27N5O3. The molecular weight excluding hydrogens is 358 g/mol. The van der Waals surface area contributed by atoms with E-state index in [-0.39, 0.29) is 11.8 Å². The minimum atomic E-state index is -0.401. The lowest BCUT2D eigenvalue weighted by atomic mass is 10.1. The van der Waals surface area contributed by atoms with Crippen molar-refractivity contribution in [2.75, 3.05) is 19.6 Å². The zero-order chi connectivity index (χ0) is 20.1. The van der Waals surface area contributed by atoms with Gasteiger partial charge in [0.1, 0.15) is 6.04 Å². The number of carbonyl (C=O) groups is 2. The molecule has 0 N–H and O–H groups in total. The maximum Gasteiger partial charge on any atom is 0.245 e. The van der Waals surface area contributed by atoms with Crippen molar-refractivity contribution in [3.63, 3.8) is 0 Å². The number of piperazine rings is 1. The third kappa shape index (κ3) is 4.74. The van der Waals surface area contributed by atoms with E-state index in [1.807, 2.05) is 24.0 Å². The zero-order valence-electron chi connectivity index (χ0n) is 16.7. The molecule has 2 aromatic heterocycles. The molecule has 28 heavy (non-hydrogen) atoms. The fourth-order valence-electron chi connectivity index (χ4n) is 3.40. The largest absolute Gasteiger partial charge is 0.339 e. The predicted molar refractivity (Wildman–Crippen MR) is 103 cm³/mol. The van der Waals surface area contributed by atoms with Crippen LogP contribution in [0.4, 0.5) is 0 Å². The third-order valence-corrected chi connectivity index (χ3v) is 4.84. The van der Waals surface area contributed by atoms with E-state index in [1.165, 1.54) is 0 Å². The van der Waals surface area contributed by atoms with Crippen LogP contribution < -0.4 is 0 Å². The maximum absolute atomic E-state index is 12.6. The molecule has 2 amide bonds. The van der Waals surface area contributed by atoms with E-state index < -0.39 is 6.04 Å². The molecule has 0 saturated carbocycles. The van der Waals surface area contributed by atoms with Crippen molar-refractivity contribution in [1.82, 2.24) is 24.9 Å². The van der Waals surface area contributed by atoms with Gasteiger partial charge >= 0.3 is 0 Å². The van der Waals surface area contributed by atoms with Crippen molar-refractivity contribution in [2.24, 2.45) is 5.92 Å². The Morgan fingerprint density at radius 2 is 2.04 bits per heavy atom. The normalized spacial score (nSPS) is 17.4. The molecule has 1 aliphatic rings. The molecule has 2 aromatic rings. The molecule has 0 radical (unpaired) electrons. The first-order valence-electron chi connectivity index (χ1n) is 9.77. The van der Waals surface area contributed by atoms with E-state index in [0.717, 1.165) is 12.1 Å². The summed E-state index contributed by atoms with van der Waals surface area (Å²) in [6.45, 7) is 7.92. The topological polar surface area (TPSA) is 92.4 Å². The first kappa shape index (κ1) is 20.0. The van der Waals surface area contributed by atoms with E-state index in [4.69, 9.17) is 4.52 Å². The number of amides is 2. The Hall–Kier alpha value is -2.77. The molecule has 3 rings (SSSR count). The van der Waals surface area contributed by atoms with Crippen molar-refractivity contribution >= 4 is 11.8 Å². The molecule has 1 fully saturated rings. The number of aromatic nitrogens is 3. The van der Waals surface area contributed by atoms with Gasteiger partial charge in [0.25, 0.3) is 0 Å². The van der Waals surface area contributed by atoms with Crippen LogP contribution >= 0.6 is 0 Å². The number of nitrogens with zero attached hydrogens (tertiary/aromatic N) is 5. The summed E-state index contributed by atoms with van der Waals surface area (Å²) in [6, 6.07) is 3.23. The Bertz CT molecular complexity index is 805. The predicted octanol–water partition coefficient (Wildman–Crippen LogP) is 2.17. The molecule has 8 heteroatoms. The monoisotopic (exact) mass is 385 g/mol. The van der Waals surface area contributed by atoms with E-state index in [9.17, 15) is 9.59 Å². The second kappa shape index (κ2) is 8.95. The van der Waals surface area contributed by atoms with Crippen LogP contribution in [0.3, 0.4) is 0 Å². The first-order valence-corrected chi connectivity index (χ1v) is 9.77. The number of pyridine rings is 1. The van der Waals surface area contributed by atoms with Crippen molar-refractivity contribution in [2.45, 2.75) is 46.1 Å². The summed E-state index contributed by atoms with van der Waals surface area (Å²) in [5.41, 5.74) is 0.840. The number of aryl methyl sites for hydroxylation is 1. The van der Waals surface area contributed by atoms with Crippen LogP contribution in [0.5, 0.6) is 0 Å². The van der Waals surface area contributed by atoms with Gasteiger partial charge in [-0.25, -0.2) is 0 Å². The lowest BCUT2D eigenvalue weighted by Crippen LogP contribution is -2.58. The number of hydrogen-bond donors (Lipinski definition) is 0. The summed E-state index contributed by atoms with van der Waals surface area (Å²) >= 11 is 0. The van der Waals surface area contributed by atoms with Gasteiger partial charge in [0.15, 0.2) is 0 Å². The lowest BCUT2D eigenvalue weighted by molar-refractivity contribution is -0.151. The molecule has 1 aliphatic heterocycles. The maximum atomic E-state index is 12.6. The SMILES string of the molecule is CC(C)CN1CCN(C(=O)CCCc2nc(-c3ccncc3)no2)[C@H](C)C1=O. The van der Waals surface area contributed by atoms with Gasteiger partial charge in [-0.05, 0) is 31.4 Å². The molecule has 1 saturated heterocycles. The van der Waals surface area contributed by atoms with E-state index in [1.54, 1.807) is 17.3 Å². The molecule has 8 nitrogen and oxygen atoms in total.